The number of anilines is 2. The first kappa shape index (κ1) is 30.6. The summed E-state index contributed by atoms with van der Waals surface area (Å²) >= 11 is 0. The van der Waals surface area contributed by atoms with Crippen LogP contribution in [0.15, 0.2) is 139 Å². The summed E-state index contributed by atoms with van der Waals surface area (Å²) in [7, 11) is -7.05. The molecule has 0 aliphatic carbocycles. The van der Waals surface area contributed by atoms with Gasteiger partial charge in [-0.3, -0.25) is 0 Å². The SMILES string of the molecule is CS(=O)(=O)c1cc(N=Nc2ccc(-c3ccc(N=Nc4cc(S(C)(=O)=O)c5ccccc5c4N)cc3)cc2)c(N)c2ccccc12. The number of rotatable bonds is 7. The molecule has 6 rings (SSSR count). The van der Waals surface area contributed by atoms with E-state index in [0.29, 0.717) is 44.3 Å². The fourth-order valence-electron chi connectivity index (χ4n) is 5.14. The molecule has 0 amide bonds. The maximum atomic E-state index is 12.4. The molecule has 10 nitrogen and oxygen atoms in total. The van der Waals surface area contributed by atoms with Crippen molar-refractivity contribution in [2.75, 3.05) is 24.0 Å². The van der Waals surface area contributed by atoms with Crippen LogP contribution in [0, 0.1) is 0 Å². The van der Waals surface area contributed by atoms with E-state index in [-0.39, 0.29) is 21.2 Å². The van der Waals surface area contributed by atoms with E-state index in [1.165, 1.54) is 12.1 Å². The van der Waals surface area contributed by atoms with Gasteiger partial charge in [0, 0.05) is 34.1 Å². The highest BCUT2D eigenvalue weighted by Gasteiger charge is 2.18. The maximum Gasteiger partial charge on any atom is 0.176 e. The zero-order valence-corrected chi connectivity index (χ0v) is 26.4. The second-order valence-electron chi connectivity index (χ2n) is 10.7. The number of azo groups is 2. The van der Waals surface area contributed by atoms with E-state index in [4.69, 9.17) is 11.5 Å². The Hall–Kier alpha value is -5.46. The summed E-state index contributed by atoms with van der Waals surface area (Å²) in [6.45, 7) is 0. The van der Waals surface area contributed by atoms with Crippen molar-refractivity contribution in [1.82, 2.24) is 0 Å². The Morgan fingerprint density at radius 2 is 0.783 bits per heavy atom. The summed E-state index contributed by atoms with van der Waals surface area (Å²) in [6.07, 6.45) is 2.30. The Morgan fingerprint density at radius 3 is 1.11 bits per heavy atom. The Labute approximate surface area is 266 Å². The smallest absolute Gasteiger partial charge is 0.176 e. The van der Waals surface area contributed by atoms with E-state index >= 15 is 0 Å². The van der Waals surface area contributed by atoms with Gasteiger partial charge in [0.1, 0.15) is 11.4 Å². The molecule has 0 aliphatic heterocycles. The highest BCUT2D eigenvalue weighted by molar-refractivity contribution is 7.91. The number of fused-ring (bicyclic) bond motifs is 2. The molecule has 0 unspecified atom stereocenters. The fraction of sp³-hybridized carbons (Fsp3) is 0.0588. The molecule has 230 valence electrons. The number of sulfone groups is 2. The Kier molecular flexibility index (Phi) is 7.84. The molecule has 0 saturated carbocycles. The zero-order valence-electron chi connectivity index (χ0n) is 24.8. The van der Waals surface area contributed by atoms with Crippen molar-refractivity contribution in [2.24, 2.45) is 20.5 Å². The molecule has 0 heterocycles. The van der Waals surface area contributed by atoms with Gasteiger partial charge < -0.3 is 11.5 Å². The third-order valence-electron chi connectivity index (χ3n) is 7.47. The van der Waals surface area contributed by atoms with Crippen molar-refractivity contribution in [3.05, 3.63) is 109 Å². The molecule has 0 fully saturated rings. The van der Waals surface area contributed by atoms with Crippen molar-refractivity contribution < 1.29 is 16.8 Å². The summed E-state index contributed by atoms with van der Waals surface area (Å²) in [4.78, 5) is 0.285. The van der Waals surface area contributed by atoms with Gasteiger partial charge in [-0.2, -0.15) is 10.2 Å². The average Bonchev–Trinajstić information content (AvgIpc) is 3.04. The van der Waals surface area contributed by atoms with E-state index in [9.17, 15) is 16.8 Å². The monoisotopic (exact) mass is 648 g/mol. The molecule has 4 N–H and O–H groups in total. The molecular formula is C34H28N6O4S2. The summed E-state index contributed by atoms with van der Waals surface area (Å²) in [6, 6.07) is 31.7. The second kappa shape index (κ2) is 11.8. The van der Waals surface area contributed by atoms with Crippen LogP contribution in [0.2, 0.25) is 0 Å². The van der Waals surface area contributed by atoms with Crippen LogP contribution in [-0.4, -0.2) is 29.3 Å². The normalized spacial score (nSPS) is 12.5. The van der Waals surface area contributed by atoms with Crippen molar-refractivity contribution in [1.29, 1.82) is 0 Å². The number of nitrogens with two attached hydrogens (primary N) is 2. The van der Waals surface area contributed by atoms with Crippen molar-refractivity contribution in [3.63, 3.8) is 0 Å². The van der Waals surface area contributed by atoms with Gasteiger partial charge in [-0.15, -0.1) is 10.2 Å². The zero-order chi connectivity index (χ0) is 32.6. The average molecular weight is 649 g/mol. The van der Waals surface area contributed by atoms with Crippen molar-refractivity contribution in [3.8, 4) is 11.1 Å². The predicted molar refractivity (Wildman–Crippen MR) is 183 cm³/mol. The van der Waals surface area contributed by atoms with E-state index in [1.807, 2.05) is 24.3 Å². The predicted octanol–water partition coefficient (Wildman–Crippen LogP) is 8.46. The molecule has 46 heavy (non-hydrogen) atoms. The first-order chi connectivity index (χ1) is 21.9. The number of benzene rings is 6. The lowest BCUT2D eigenvalue weighted by molar-refractivity contribution is 0.601. The van der Waals surface area contributed by atoms with E-state index < -0.39 is 19.7 Å². The first-order valence-electron chi connectivity index (χ1n) is 14.0. The third-order valence-corrected chi connectivity index (χ3v) is 9.74. The van der Waals surface area contributed by atoms with Gasteiger partial charge in [0.15, 0.2) is 19.7 Å². The Morgan fingerprint density at radius 1 is 0.457 bits per heavy atom. The Bertz CT molecular complexity index is 2250. The van der Waals surface area contributed by atoms with Crippen molar-refractivity contribution in [2.45, 2.75) is 9.79 Å². The van der Waals surface area contributed by atoms with Gasteiger partial charge in [-0.1, -0.05) is 72.8 Å². The van der Waals surface area contributed by atoms with Gasteiger partial charge >= 0.3 is 0 Å². The number of nitrogen functional groups attached to an aromatic ring is 2. The molecule has 0 aromatic heterocycles. The lowest BCUT2D eigenvalue weighted by atomic mass is 10.1. The standard InChI is InChI=1S/C34H28N6O4S2/c1-45(41,42)31-19-29(33(35)27-9-5-3-7-25(27)31)39-37-23-15-11-21(12-16-23)22-13-17-24(18-14-22)38-40-30-20-32(46(2,43)44)26-8-4-6-10-28(26)34(30)36/h3-20H,35-36H2,1-2H3. The molecule has 0 bridgehead atoms. The minimum atomic E-state index is -3.52. The lowest BCUT2D eigenvalue weighted by Gasteiger charge is -2.10. The van der Waals surface area contributed by atoms with Crippen LogP contribution in [0.5, 0.6) is 0 Å². The summed E-state index contributed by atoms with van der Waals surface area (Å²) in [5.74, 6) is 0. The first-order valence-corrected chi connectivity index (χ1v) is 17.7. The van der Waals surface area contributed by atoms with Gasteiger partial charge in [0.25, 0.3) is 0 Å². The molecule has 0 aliphatic rings. The topological polar surface area (TPSA) is 170 Å². The van der Waals surface area contributed by atoms with Crippen LogP contribution in [-0.2, 0) is 19.7 Å². The van der Waals surface area contributed by atoms with Gasteiger partial charge in [0.2, 0.25) is 0 Å². The number of hydrogen-bond acceptors (Lipinski definition) is 10. The van der Waals surface area contributed by atoms with Crippen LogP contribution >= 0.6 is 0 Å². The highest BCUT2D eigenvalue weighted by atomic mass is 32.2. The van der Waals surface area contributed by atoms with Crippen LogP contribution in [0.3, 0.4) is 0 Å². The van der Waals surface area contributed by atoms with Crippen LogP contribution in [0.4, 0.5) is 34.1 Å². The molecule has 0 radical (unpaired) electrons. The molecule has 0 atom stereocenters. The minimum Gasteiger partial charge on any atom is -0.396 e. The second-order valence-corrected chi connectivity index (χ2v) is 14.7. The molecule has 12 heteroatoms. The van der Waals surface area contributed by atoms with Crippen LogP contribution in [0.1, 0.15) is 0 Å². The summed E-state index contributed by atoms with van der Waals surface area (Å²) in [5.41, 5.74) is 16.8. The van der Waals surface area contributed by atoms with Crippen LogP contribution in [0.25, 0.3) is 32.7 Å². The fourth-order valence-corrected chi connectivity index (χ4v) is 6.95. The van der Waals surface area contributed by atoms with Gasteiger partial charge in [-0.25, -0.2) is 16.8 Å². The summed E-state index contributed by atoms with van der Waals surface area (Å²) in [5, 5.41) is 19.4. The van der Waals surface area contributed by atoms with E-state index in [0.717, 1.165) is 23.6 Å². The molecule has 6 aromatic carbocycles. The van der Waals surface area contributed by atoms with Crippen LogP contribution < -0.4 is 11.5 Å². The molecular weight excluding hydrogens is 621 g/mol. The number of hydrogen-bond donors (Lipinski definition) is 2. The Balaban J connectivity index is 1.22. The summed E-state index contributed by atoms with van der Waals surface area (Å²) < 4.78 is 49.7. The van der Waals surface area contributed by atoms with E-state index in [1.54, 1.807) is 72.8 Å². The van der Waals surface area contributed by atoms with Gasteiger partial charge in [0.05, 0.1) is 32.5 Å². The van der Waals surface area contributed by atoms with Gasteiger partial charge in [-0.05, 0) is 47.5 Å². The maximum absolute atomic E-state index is 12.4. The minimum absolute atomic E-state index is 0.143. The molecule has 0 spiro atoms. The highest BCUT2D eigenvalue weighted by Crippen LogP contribution is 2.38. The molecule has 0 saturated heterocycles. The molecule has 6 aromatic rings. The number of nitrogens with zero attached hydrogens (tertiary/aromatic N) is 4. The largest absolute Gasteiger partial charge is 0.396 e. The van der Waals surface area contributed by atoms with Crippen molar-refractivity contribution >= 4 is 75.3 Å². The quantitative estimate of drug-likeness (QED) is 0.130. The van der Waals surface area contributed by atoms with E-state index in [2.05, 4.69) is 20.5 Å². The third kappa shape index (κ3) is 6.08. The lowest BCUT2D eigenvalue weighted by Crippen LogP contribution is -2.00.